The van der Waals surface area contributed by atoms with E-state index in [9.17, 15) is 4.79 Å². The van der Waals surface area contributed by atoms with Crippen LogP contribution in [0.4, 0.5) is 5.69 Å². The van der Waals surface area contributed by atoms with Crippen molar-refractivity contribution in [3.8, 4) is 5.75 Å². The zero-order valence-electron chi connectivity index (χ0n) is 17.2. The summed E-state index contributed by atoms with van der Waals surface area (Å²) in [5, 5.41) is 1.74. The maximum Gasteiger partial charge on any atom is 0.219 e. The second kappa shape index (κ2) is 8.09. The van der Waals surface area contributed by atoms with Gasteiger partial charge in [-0.3, -0.25) is 4.79 Å². The molecule has 0 unspecified atom stereocenters. The van der Waals surface area contributed by atoms with E-state index in [2.05, 4.69) is 21.6 Å². The number of aryl methyl sites for hydroxylation is 1. The minimum atomic E-state index is 0.205. The van der Waals surface area contributed by atoms with Crippen LogP contribution in [0.25, 0.3) is 10.9 Å². The molecule has 0 atom stereocenters. The second-order valence-corrected chi connectivity index (χ2v) is 8.15. The Labute approximate surface area is 176 Å². The van der Waals surface area contributed by atoms with Gasteiger partial charge in [0.1, 0.15) is 12.3 Å². The standard InChI is InChI=1S/C23H26ClN3O2/c1-16-23(20-14-19(29-3)8-9-21(20)25(16)2)22(28)15-26-10-12-27(13-11-26)18-6-4-17(24)5-7-18/h4-9,14H,10-13,15H2,1-3H3/p+1. The lowest BCUT2D eigenvalue weighted by Crippen LogP contribution is -3.15. The molecule has 29 heavy (non-hydrogen) atoms. The predicted molar refractivity (Wildman–Crippen MR) is 118 cm³/mol. The number of piperazine rings is 1. The fraction of sp³-hybridized carbons (Fsp3) is 0.348. The average molecular weight is 413 g/mol. The van der Waals surface area contributed by atoms with Crippen LogP contribution in [-0.2, 0) is 7.05 Å². The number of carbonyl (C=O) groups is 1. The van der Waals surface area contributed by atoms with E-state index < -0.39 is 0 Å². The fourth-order valence-electron chi connectivity index (χ4n) is 4.26. The molecule has 0 amide bonds. The number of ketones is 1. The topological polar surface area (TPSA) is 38.9 Å². The Morgan fingerprint density at radius 2 is 1.83 bits per heavy atom. The third-order valence-corrected chi connectivity index (χ3v) is 6.30. The molecule has 1 N–H and O–H groups in total. The SMILES string of the molecule is COc1ccc2c(c1)c(C(=O)C[NH+]1CCN(c3ccc(Cl)cc3)CC1)c(C)n2C. The minimum Gasteiger partial charge on any atom is -0.497 e. The molecule has 1 fully saturated rings. The molecule has 0 aliphatic carbocycles. The van der Waals surface area contributed by atoms with E-state index in [0.29, 0.717) is 6.54 Å². The highest BCUT2D eigenvalue weighted by Gasteiger charge is 2.26. The molecule has 1 aliphatic heterocycles. The first-order chi connectivity index (χ1) is 14.0. The van der Waals surface area contributed by atoms with Crippen LogP contribution in [-0.4, -0.2) is 50.2 Å². The van der Waals surface area contributed by atoms with Crippen molar-refractivity contribution in [3.05, 3.63) is 58.7 Å². The van der Waals surface area contributed by atoms with Crippen LogP contribution in [0.15, 0.2) is 42.5 Å². The van der Waals surface area contributed by atoms with Crippen molar-refractivity contribution in [3.63, 3.8) is 0 Å². The van der Waals surface area contributed by atoms with E-state index in [4.69, 9.17) is 16.3 Å². The highest BCUT2D eigenvalue weighted by atomic mass is 35.5. The van der Waals surface area contributed by atoms with Crippen molar-refractivity contribution < 1.29 is 14.4 Å². The molecule has 152 valence electrons. The number of nitrogens with zero attached hydrogens (tertiary/aromatic N) is 2. The highest BCUT2D eigenvalue weighted by molar-refractivity contribution is 6.30. The number of quaternary nitrogens is 1. The number of anilines is 1. The van der Waals surface area contributed by atoms with Gasteiger partial charge in [0.15, 0.2) is 0 Å². The monoisotopic (exact) mass is 412 g/mol. The maximum atomic E-state index is 13.2. The van der Waals surface area contributed by atoms with Gasteiger partial charge < -0.3 is 19.1 Å². The van der Waals surface area contributed by atoms with Crippen LogP contribution >= 0.6 is 11.6 Å². The molecule has 0 radical (unpaired) electrons. The number of ether oxygens (including phenoxy) is 1. The quantitative estimate of drug-likeness (QED) is 0.655. The first-order valence-corrected chi connectivity index (χ1v) is 10.4. The number of Topliss-reactive ketones (excluding diaryl/α,β-unsaturated/α-hetero) is 1. The van der Waals surface area contributed by atoms with Gasteiger partial charge in [0, 0.05) is 34.4 Å². The number of fused-ring (bicyclic) bond motifs is 1. The summed E-state index contributed by atoms with van der Waals surface area (Å²) in [6.45, 7) is 6.31. The number of hydrogen-bond donors (Lipinski definition) is 1. The molecule has 6 heteroatoms. The summed E-state index contributed by atoms with van der Waals surface area (Å²) in [5.74, 6) is 0.984. The lowest BCUT2D eigenvalue weighted by molar-refractivity contribution is -0.892. The Kier molecular flexibility index (Phi) is 5.52. The number of benzene rings is 2. The number of rotatable bonds is 5. The number of nitrogens with one attached hydrogen (secondary N) is 1. The minimum absolute atomic E-state index is 0.205. The van der Waals surface area contributed by atoms with Gasteiger partial charge in [-0.05, 0) is 49.4 Å². The Morgan fingerprint density at radius 1 is 1.14 bits per heavy atom. The zero-order valence-corrected chi connectivity index (χ0v) is 17.9. The summed E-state index contributed by atoms with van der Waals surface area (Å²) in [6, 6.07) is 13.9. The smallest absolute Gasteiger partial charge is 0.219 e. The van der Waals surface area contributed by atoms with Crippen LogP contribution < -0.4 is 14.5 Å². The summed E-state index contributed by atoms with van der Waals surface area (Å²) < 4.78 is 7.47. The van der Waals surface area contributed by atoms with Gasteiger partial charge in [0.2, 0.25) is 5.78 Å². The van der Waals surface area contributed by atoms with Gasteiger partial charge in [-0.25, -0.2) is 0 Å². The molecule has 2 heterocycles. The van der Waals surface area contributed by atoms with Crippen LogP contribution in [0.1, 0.15) is 16.1 Å². The summed E-state index contributed by atoms with van der Waals surface area (Å²) in [7, 11) is 3.67. The first kappa shape index (κ1) is 19.8. The number of hydrogen-bond acceptors (Lipinski definition) is 3. The van der Waals surface area contributed by atoms with E-state index in [0.717, 1.165) is 59.1 Å². The number of halogens is 1. The van der Waals surface area contributed by atoms with Crippen molar-refractivity contribution >= 4 is 34.0 Å². The van der Waals surface area contributed by atoms with E-state index >= 15 is 0 Å². The molecule has 5 nitrogen and oxygen atoms in total. The number of methoxy groups -OCH3 is 1. The van der Waals surface area contributed by atoms with Crippen LogP contribution in [0.5, 0.6) is 5.75 Å². The Hall–Kier alpha value is -2.50. The van der Waals surface area contributed by atoms with Crippen molar-refractivity contribution in [1.29, 1.82) is 0 Å². The van der Waals surface area contributed by atoms with Gasteiger partial charge in [-0.2, -0.15) is 0 Å². The van der Waals surface area contributed by atoms with Crippen molar-refractivity contribution in [2.24, 2.45) is 7.05 Å². The van der Waals surface area contributed by atoms with Gasteiger partial charge in [-0.1, -0.05) is 11.6 Å². The third kappa shape index (κ3) is 3.85. The molecule has 1 saturated heterocycles. The fourth-order valence-corrected chi connectivity index (χ4v) is 4.38. The van der Waals surface area contributed by atoms with Crippen LogP contribution in [0.2, 0.25) is 5.02 Å². The zero-order chi connectivity index (χ0) is 20.5. The van der Waals surface area contributed by atoms with E-state index in [1.165, 1.54) is 10.6 Å². The average Bonchev–Trinajstić information content (AvgIpc) is 2.99. The molecule has 2 aromatic carbocycles. The highest BCUT2D eigenvalue weighted by Crippen LogP contribution is 2.28. The third-order valence-electron chi connectivity index (χ3n) is 6.05. The Bertz CT molecular complexity index is 1030. The van der Waals surface area contributed by atoms with Crippen molar-refractivity contribution in [2.45, 2.75) is 6.92 Å². The summed E-state index contributed by atoms with van der Waals surface area (Å²) in [6.07, 6.45) is 0. The summed E-state index contributed by atoms with van der Waals surface area (Å²) >= 11 is 5.99. The Morgan fingerprint density at radius 3 is 2.48 bits per heavy atom. The maximum absolute atomic E-state index is 13.2. The molecule has 0 saturated carbocycles. The number of carbonyl (C=O) groups excluding carboxylic acids is 1. The molecular formula is C23H27ClN3O2+. The predicted octanol–water partition coefficient (Wildman–Crippen LogP) is 2.74. The largest absolute Gasteiger partial charge is 0.497 e. The lowest BCUT2D eigenvalue weighted by atomic mass is 10.1. The van der Waals surface area contributed by atoms with Crippen molar-refractivity contribution in [1.82, 2.24) is 4.57 Å². The van der Waals surface area contributed by atoms with Gasteiger partial charge in [0.05, 0.1) is 38.9 Å². The van der Waals surface area contributed by atoms with Gasteiger partial charge in [0.25, 0.3) is 0 Å². The van der Waals surface area contributed by atoms with E-state index in [-0.39, 0.29) is 5.78 Å². The van der Waals surface area contributed by atoms with Gasteiger partial charge in [-0.15, -0.1) is 0 Å². The Balaban J connectivity index is 1.48. The second-order valence-electron chi connectivity index (χ2n) is 7.72. The van der Waals surface area contributed by atoms with Crippen LogP contribution in [0, 0.1) is 6.92 Å². The van der Waals surface area contributed by atoms with E-state index in [1.807, 2.05) is 44.3 Å². The number of aromatic nitrogens is 1. The molecule has 0 spiro atoms. The van der Waals surface area contributed by atoms with E-state index in [1.54, 1.807) is 7.11 Å². The molecule has 4 rings (SSSR count). The van der Waals surface area contributed by atoms with Crippen LogP contribution in [0.3, 0.4) is 0 Å². The van der Waals surface area contributed by atoms with Crippen molar-refractivity contribution in [2.75, 3.05) is 44.7 Å². The van der Waals surface area contributed by atoms with Gasteiger partial charge >= 0.3 is 0 Å². The molecule has 0 bridgehead atoms. The molecular weight excluding hydrogens is 386 g/mol. The molecule has 1 aromatic heterocycles. The normalized spacial score (nSPS) is 15.1. The molecule has 3 aromatic rings. The lowest BCUT2D eigenvalue weighted by Gasteiger charge is -2.33. The molecule has 1 aliphatic rings. The summed E-state index contributed by atoms with van der Waals surface area (Å²) in [4.78, 5) is 16.9. The summed E-state index contributed by atoms with van der Waals surface area (Å²) in [5.41, 5.74) is 4.09. The first-order valence-electron chi connectivity index (χ1n) is 9.98.